The lowest BCUT2D eigenvalue weighted by Crippen LogP contribution is -2.14. The third-order valence-corrected chi connectivity index (χ3v) is 6.30. The Morgan fingerprint density at radius 2 is 1.78 bits per heavy atom. The van der Waals surface area contributed by atoms with Crippen molar-refractivity contribution in [2.75, 3.05) is 0 Å². The molecule has 0 atom stereocenters. The van der Waals surface area contributed by atoms with Crippen molar-refractivity contribution in [3.63, 3.8) is 0 Å². The Kier molecular flexibility index (Phi) is 7.44. The van der Waals surface area contributed by atoms with Gasteiger partial charge in [-0.3, -0.25) is 0 Å². The highest BCUT2D eigenvalue weighted by Crippen LogP contribution is 2.30. The number of para-hydroxylation sites is 1. The van der Waals surface area contributed by atoms with Crippen LogP contribution in [0.15, 0.2) is 64.3 Å². The number of aromatic nitrogens is 5. The molecule has 32 heavy (non-hydrogen) atoms. The molecule has 9 heteroatoms. The molecule has 0 fully saturated rings. The van der Waals surface area contributed by atoms with Crippen LogP contribution in [-0.2, 0) is 12.4 Å². The number of hydrogen-bond acceptors (Lipinski definition) is 7. The monoisotopic (exact) mass is 469 g/mol. The van der Waals surface area contributed by atoms with Crippen molar-refractivity contribution < 1.29 is 9.26 Å². The molecule has 4 rings (SSSR count). The van der Waals surface area contributed by atoms with Gasteiger partial charge >= 0.3 is 0 Å². The lowest BCUT2D eigenvalue weighted by Gasteiger charge is -2.19. The van der Waals surface area contributed by atoms with Crippen molar-refractivity contribution in [1.82, 2.24) is 24.9 Å². The van der Waals surface area contributed by atoms with Gasteiger partial charge in [-0.15, -0.1) is 10.2 Å². The summed E-state index contributed by atoms with van der Waals surface area (Å²) in [6, 6.07) is 17.4. The Balaban J connectivity index is 1.49. The smallest absolute Gasteiger partial charge is 0.237 e. The second-order valence-electron chi connectivity index (χ2n) is 7.12. The SMILES string of the molecule is CCC(CC)n1c(COc2ccccc2Cl)nnc1SCc1nc(-c2ccccc2)no1. The first kappa shape index (κ1) is 22.4. The molecule has 2 aromatic carbocycles. The predicted octanol–water partition coefficient (Wildman–Crippen LogP) is 6.21. The van der Waals surface area contributed by atoms with Crippen molar-refractivity contribution in [3.8, 4) is 17.1 Å². The highest BCUT2D eigenvalue weighted by Gasteiger charge is 2.20. The minimum absolute atomic E-state index is 0.264. The summed E-state index contributed by atoms with van der Waals surface area (Å²) in [5.74, 6) is 3.01. The first-order valence-corrected chi connectivity index (χ1v) is 11.9. The molecule has 2 heterocycles. The van der Waals surface area contributed by atoms with Gasteiger partial charge in [-0.05, 0) is 25.0 Å². The summed E-state index contributed by atoms with van der Waals surface area (Å²) < 4.78 is 13.5. The maximum Gasteiger partial charge on any atom is 0.237 e. The summed E-state index contributed by atoms with van der Waals surface area (Å²) >= 11 is 7.75. The first-order valence-electron chi connectivity index (χ1n) is 10.5. The van der Waals surface area contributed by atoms with E-state index >= 15 is 0 Å². The number of thioether (sulfide) groups is 1. The first-order chi connectivity index (χ1) is 15.7. The van der Waals surface area contributed by atoms with Crippen molar-refractivity contribution in [2.45, 2.75) is 50.2 Å². The van der Waals surface area contributed by atoms with E-state index < -0.39 is 0 Å². The fourth-order valence-corrected chi connectivity index (χ4v) is 4.43. The van der Waals surface area contributed by atoms with Crippen LogP contribution in [0.1, 0.15) is 44.4 Å². The van der Waals surface area contributed by atoms with E-state index in [1.54, 1.807) is 6.07 Å². The van der Waals surface area contributed by atoms with Gasteiger partial charge < -0.3 is 13.8 Å². The zero-order valence-electron chi connectivity index (χ0n) is 17.9. The van der Waals surface area contributed by atoms with Gasteiger partial charge in [0.25, 0.3) is 0 Å². The molecule has 0 saturated heterocycles. The minimum atomic E-state index is 0.264. The molecule has 4 aromatic rings. The molecule has 0 unspecified atom stereocenters. The molecule has 0 amide bonds. The van der Waals surface area contributed by atoms with Gasteiger partial charge in [-0.2, -0.15) is 4.98 Å². The standard InChI is InChI=1S/C23H24ClN5O2S/c1-3-17(4-2)29-20(14-30-19-13-9-8-12-18(19)24)26-27-23(29)32-15-21-25-22(28-31-21)16-10-6-5-7-11-16/h5-13,17H,3-4,14-15H2,1-2H3. The quantitative estimate of drug-likeness (QED) is 0.255. The molecule has 7 nitrogen and oxygen atoms in total. The summed E-state index contributed by atoms with van der Waals surface area (Å²) in [5.41, 5.74) is 0.923. The van der Waals surface area contributed by atoms with Crippen molar-refractivity contribution in [2.24, 2.45) is 0 Å². The number of nitrogens with zero attached hydrogens (tertiary/aromatic N) is 5. The van der Waals surface area contributed by atoms with Gasteiger partial charge in [0.15, 0.2) is 11.0 Å². The van der Waals surface area contributed by atoms with Crippen LogP contribution in [-0.4, -0.2) is 24.9 Å². The molecular weight excluding hydrogens is 446 g/mol. The van der Waals surface area contributed by atoms with E-state index in [9.17, 15) is 0 Å². The maximum absolute atomic E-state index is 6.22. The Bertz CT molecular complexity index is 1140. The Morgan fingerprint density at radius 3 is 2.53 bits per heavy atom. The number of hydrogen-bond donors (Lipinski definition) is 0. The van der Waals surface area contributed by atoms with Crippen LogP contribution >= 0.6 is 23.4 Å². The number of benzene rings is 2. The highest BCUT2D eigenvalue weighted by molar-refractivity contribution is 7.98. The second kappa shape index (κ2) is 10.7. The van der Waals surface area contributed by atoms with Crippen molar-refractivity contribution >= 4 is 23.4 Å². The van der Waals surface area contributed by atoms with E-state index in [1.165, 1.54) is 11.8 Å². The molecule has 0 aliphatic rings. The molecule has 0 aliphatic carbocycles. The Hall–Kier alpha value is -2.84. The van der Waals surface area contributed by atoms with Crippen LogP contribution < -0.4 is 4.74 Å². The largest absolute Gasteiger partial charge is 0.484 e. The third-order valence-electron chi connectivity index (χ3n) is 5.06. The van der Waals surface area contributed by atoms with E-state index in [4.69, 9.17) is 20.9 Å². The highest BCUT2D eigenvalue weighted by atomic mass is 35.5. The van der Waals surface area contributed by atoms with Crippen molar-refractivity contribution in [3.05, 3.63) is 71.3 Å². The van der Waals surface area contributed by atoms with E-state index in [0.29, 0.717) is 28.2 Å². The van der Waals surface area contributed by atoms with Crippen LogP contribution in [0.2, 0.25) is 5.02 Å². The summed E-state index contributed by atoms with van der Waals surface area (Å²) in [6.07, 6.45) is 1.92. The Labute approximate surface area is 196 Å². The van der Waals surface area contributed by atoms with Gasteiger partial charge in [0.05, 0.1) is 10.8 Å². The summed E-state index contributed by atoms with van der Waals surface area (Å²) in [6.45, 7) is 4.60. The van der Waals surface area contributed by atoms with Crippen LogP contribution in [0.5, 0.6) is 5.75 Å². The van der Waals surface area contributed by atoms with Crippen LogP contribution in [0, 0.1) is 0 Å². The number of halogens is 1. The van der Waals surface area contributed by atoms with Crippen LogP contribution in [0.3, 0.4) is 0 Å². The Morgan fingerprint density at radius 1 is 1.03 bits per heavy atom. The lowest BCUT2D eigenvalue weighted by molar-refractivity contribution is 0.278. The molecule has 0 spiro atoms. The van der Waals surface area contributed by atoms with Crippen LogP contribution in [0.4, 0.5) is 0 Å². The molecule has 0 aliphatic heterocycles. The van der Waals surface area contributed by atoms with E-state index in [-0.39, 0.29) is 12.6 Å². The lowest BCUT2D eigenvalue weighted by atomic mass is 10.2. The zero-order chi connectivity index (χ0) is 22.3. The molecule has 0 radical (unpaired) electrons. The van der Waals surface area contributed by atoms with Gasteiger partial charge in [-0.25, -0.2) is 0 Å². The molecule has 2 aromatic heterocycles. The molecule has 166 valence electrons. The molecular formula is C23H24ClN5O2S. The number of rotatable bonds is 10. The normalized spacial score (nSPS) is 11.2. The summed E-state index contributed by atoms with van der Waals surface area (Å²) in [7, 11) is 0. The second-order valence-corrected chi connectivity index (χ2v) is 8.47. The fraction of sp³-hybridized carbons (Fsp3) is 0.304. The van der Waals surface area contributed by atoms with Gasteiger partial charge in [0, 0.05) is 11.6 Å². The topological polar surface area (TPSA) is 78.9 Å². The molecule has 0 saturated carbocycles. The average Bonchev–Trinajstić information content (AvgIpc) is 3.46. The summed E-state index contributed by atoms with van der Waals surface area (Å²) in [4.78, 5) is 4.51. The predicted molar refractivity (Wildman–Crippen MR) is 125 cm³/mol. The molecule has 0 N–H and O–H groups in total. The van der Waals surface area contributed by atoms with Gasteiger partial charge in [0.1, 0.15) is 12.4 Å². The third kappa shape index (κ3) is 5.14. The van der Waals surface area contributed by atoms with E-state index in [1.807, 2.05) is 48.5 Å². The molecule has 0 bridgehead atoms. The van der Waals surface area contributed by atoms with E-state index in [0.717, 1.165) is 29.4 Å². The van der Waals surface area contributed by atoms with E-state index in [2.05, 4.69) is 38.8 Å². The summed E-state index contributed by atoms with van der Waals surface area (Å²) in [5, 5.41) is 14.3. The maximum atomic E-state index is 6.22. The van der Waals surface area contributed by atoms with Crippen molar-refractivity contribution in [1.29, 1.82) is 0 Å². The average molecular weight is 470 g/mol. The van der Waals surface area contributed by atoms with Gasteiger partial charge in [0.2, 0.25) is 11.7 Å². The van der Waals surface area contributed by atoms with Crippen LogP contribution in [0.25, 0.3) is 11.4 Å². The fourth-order valence-electron chi connectivity index (χ4n) is 3.37. The number of ether oxygens (including phenoxy) is 1. The zero-order valence-corrected chi connectivity index (χ0v) is 19.5. The minimum Gasteiger partial charge on any atom is -0.484 e. The van der Waals surface area contributed by atoms with Gasteiger partial charge in [-0.1, -0.05) is 84.8 Å².